The Labute approximate surface area is 207 Å². The third-order valence-corrected chi connectivity index (χ3v) is 5.92. The molecule has 8 nitrogen and oxygen atoms in total. The van der Waals surface area contributed by atoms with Gasteiger partial charge in [0.05, 0.1) is 27.0 Å². The predicted octanol–water partition coefficient (Wildman–Crippen LogP) is 5.29. The average Bonchev–Trinajstić information content (AvgIpc) is 3.25. The summed E-state index contributed by atoms with van der Waals surface area (Å²) in [5.41, 5.74) is 2.88. The first-order valence-corrected chi connectivity index (χ1v) is 12.0. The van der Waals surface area contributed by atoms with E-state index in [1.807, 2.05) is 24.3 Å². The second-order valence-electron chi connectivity index (χ2n) is 7.79. The summed E-state index contributed by atoms with van der Waals surface area (Å²) < 4.78 is 19.0. The molecule has 0 radical (unpaired) electrons. The standard InChI is InChI=1S/C25H28BrN5O3/c1-4-5-14-34-25-28-24(23-27-15-22(26)31(23)29-25)30(16-18-6-10-20(32-2)11-7-18)17-19-8-12-21(33-3)13-9-19/h6-13,15H,4-5,14,16-17H2,1-3H3. The maximum atomic E-state index is 5.88. The fourth-order valence-electron chi connectivity index (χ4n) is 3.51. The number of methoxy groups -OCH3 is 2. The molecule has 178 valence electrons. The molecular formula is C25H28BrN5O3. The number of anilines is 1. The first kappa shape index (κ1) is 23.8. The highest BCUT2D eigenvalue weighted by Crippen LogP contribution is 2.27. The van der Waals surface area contributed by atoms with Crippen molar-refractivity contribution in [3.8, 4) is 17.5 Å². The van der Waals surface area contributed by atoms with Crippen LogP contribution in [0.4, 0.5) is 5.82 Å². The smallest absolute Gasteiger partial charge is 0.336 e. The van der Waals surface area contributed by atoms with E-state index in [0.717, 1.165) is 40.1 Å². The van der Waals surface area contributed by atoms with E-state index in [9.17, 15) is 0 Å². The lowest BCUT2D eigenvalue weighted by Gasteiger charge is -2.25. The van der Waals surface area contributed by atoms with Crippen LogP contribution < -0.4 is 19.1 Å². The number of aromatic nitrogens is 4. The number of hydrogen-bond acceptors (Lipinski definition) is 7. The summed E-state index contributed by atoms with van der Waals surface area (Å²) >= 11 is 3.54. The van der Waals surface area contributed by atoms with E-state index in [4.69, 9.17) is 19.2 Å². The van der Waals surface area contributed by atoms with Gasteiger partial charge in [0, 0.05) is 13.1 Å². The molecule has 0 spiro atoms. The minimum atomic E-state index is 0.323. The van der Waals surface area contributed by atoms with Crippen LogP contribution in [0.5, 0.6) is 17.5 Å². The quantitative estimate of drug-likeness (QED) is 0.246. The molecule has 0 aliphatic carbocycles. The summed E-state index contributed by atoms with van der Waals surface area (Å²) in [7, 11) is 3.33. The number of nitrogens with zero attached hydrogens (tertiary/aromatic N) is 5. The van der Waals surface area contributed by atoms with Crippen LogP contribution in [-0.4, -0.2) is 40.4 Å². The molecule has 0 saturated carbocycles. The van der Waals surface area contributed by atoms with E-state index in [1.165, 1.54) is 0 Å². The van der Waals surface area contributed by atoms with Gasteiger partial charge in [0.15, 0.2) is 11.5 Å². The number of ether oxygens (including phenoxy) is 3. The Bertz CT molecular complexity index is 1160. The number of unbranched alkanes of at least 4 members (excludes halogenated alkanes) is 1. The van der Waals surface area contributed by atoms with Crippen molar-refractivity contribution in [3.63, 3.8) is 0 Å². The maximum Gasteiger partial charge on any atom is 0.336 e. The van der Waals surface area contributed by atoms with E-state index >= 15 is 0 Å². The van der Waals surface area contributed by atoms with Crippen molar-refractivity contribution in [3.05, 3.63) is 70.5 Å². The van der Waals surface area contributed by atoms with Gasteiger partial charge in [-0.1, -0.05) is 37.6 Å². The Morgan fingerprint density at radius 2 is 1.50 bits per heavy atom. The zero-order valence-corrected chi connectivity index (χ0v) is 21.2. The highest BCUT2D eigenvalue weighted by atomic mass is 79.9. The monoisotopic (exact) mass is 525 g/mol. The van der Waals surface area contributed by atoms with Gasteiger partial charge >= 0.3 is 6.01 Å². The molecule has 9 heteroatoms. The Morgan fingerprint density at radius 3 is 2.03 bits per heavy atom. The van der Waals surface area contributed by atoms with Crippen LogP contribution in [0, 0.1) is 0 Å². The van der Waals surface area contributed by atoms with E-state index in [2.05, 4.69) is 62.1 Å². The molecule has 0 N–H and O–H groups in total. The molecule has 0 saturated heterocycles. The van der Waals surface area contributed by atoms with E-state index in [1.54, 1.807) is 24.9 Å². The van der Waals surface area contributed by atoms with Gasteiger partial charge in [0.2, 0.25) is 0 Å². The third-order valence-electron chi connectivity index (χ3n) is 5.38. The Morgan fingerprint density at radius 1 is 0.912 bits per heavy atom. The number of rotatable bonds is 11. The second-order valence-corrected chi connectivity index (χ2v) is 8.60. The number of halogens is 1. The van der Waals surface area contributed by atoms with Crippen molar-refractivity contribution in [1.82, 2.24) is 19.6 Å². The molecule has 4 rings (SSSR count). The lowest BCUT2D eigenvalue weighted by molar-refractivity contribution is 0.280. The largest absolute Gasteiger partial charge is 0.497 e. The lowest BCUT2D eigenvalue weighted by Crippen LogP contribution is -2.25. The predicted molar refractivity (Wildman–Crippen MR) is 135 cm³/mol. The van der Waals surface area contributed by atoms with Crippen LogP contribution in [0.2, 0.25) is 0 Å². The number of benzene rings is 2. The molecule has 34 heavy (non-hydrogen) atoms. The molecular weight excluding hydrogens is 498 g/mol. The Kier molecular flexibility index (Phi) is 7.84. The highest BCUT2D eigenvalue weighted by molar-refractivity contribution is 9.10. The van der Waals surface area contributed by atoms with Crippen LogP contribution in [0.25, 0.3) is 5.65 Å². The van der Waals surface area contributed by atoms with Crippen LogP contribution in [-0.2, 0) is 13.1 Å². The molecule has 0 atom stereocenters. The average molecular weight is 526 g/mol. The fourth-order valence-corrected chi connectivity index (χ4v) is 3.86. The van der Waals surface area contributed by atoms with Gasteiger partial charge in [-0.2, -0.15) is 9.50 Å². The number of hydrogen-bond donors (Lipinski definition) is 0. The molecule has 4 aromatic rings. The minimum absolute atomic E-state index is 0.323. The second kappa shape index (κ2) is 11.2. The maximum absolute atomic E-state index is 5.88. The highest BCUT2D eigenvalue weighted by Gasteiger charge is 2.20. The Hall–Kier alpha value is -3.33. The molecule has 2 heterocycles. The van der Waals surface area contributed by atoms with Crippen molar-refractivity contribution in [2.24, 2.45) is 0 Å². The van der Waals surface area contributed by atoms with Crippen LogP contribution >= 0.6 is 15.9 Å². The van der Waals surface area contributed by atoms with Crippen molar-refractivity contribution < 1.29 is 14.2 Å². The summed E-state index contributed by atoms with van der Waals surface area (Å²) in [4.78, 5) is 11.5. The first-order valence-electron chi connectivity index (χ1n) is 11.2. The first-order chi connectivity index (χ1) is 16.6. The Balaban J connectivity index is 1.73. The van der Waals surface area contributed by atoms with Gasteiger partial charge in [-0.3, -0.25) is 0 Å². The molecule has 0 amide bonds. The minimum Gasteiger partial charge on any atom is -0.497 e. The van der Waals surface area contributed by atoms with E-state index in [0.29, 0.717) is 37.2 Å². The topological polar surface area (TPSA) is 74.0 Å². The lowest BCUT2D eigenvalue weighted by atomic mass is 10.1. The zero-order chi connectivity index (χ0) is 23.9. The van der Waals surface area contributed by atoms with Gasteiger partial charge in [-0.15, -0.1) is 5.10 Å². The van der Waals surface area contributed by atoms with Crippen LogP contribution in [0.3, 0.4) is 0 Å². The van der Waals surface area contributed by atoms with Crippen molar-refractivity contribution in [2.45, 2.75) is 32.9 Å². The van der Waals surface area contributed by atoms with Crippen molar-refractivity contribution >= 4 is 27.4 Å². The third kappa shape index (κ3) is 5.59. The summed E-state index contributed by atoms with van der Waals surface area (Å²) in [6.07, 6.45) is 3.69. The number of imidazole rings is 1. The number of fused-ring (bicyclic) bond motifs is 1. The van der Waals surface area contributed by atoms with Crippen LogP contribution in [0.15, 0.2) is 59.3 Å². The SMILES string of the molecule is CCCCOc1nc(N(Cc2ccc(OC)cc2)Cc2ccc(OC)cc2)c2ncc(Br)n2n1. The summed E-state index contributed by atoms with van der Waals surface area (Å²) in [5.74, 6) is 2.33. The zero-order valence-electron chi connectivity index (χ0n) is 19.6. The summed E-state index contributed by atoms with van der Waals surface area (Å²) in [6.45, 7) is 3.91. The van der Waals surface area contributed by atoms with Gasteiger partial charge in [-0.25, -0.2) is 4.98 Å². The molecule has 0 unspecified atom stereocenters. The van der Waals surface area contributed by atoms with Crippen molar-refractivity contribution in [2.75, 3.05) is 25.7 Å². The van der Waals surface area contributed by atoms with Gasteiger partial charge in [0.1, 0.15) is 16.1 Å². The molecule has 0 bridgehead atoms. The summed E-state index contributed by atoms with van der Waals surface area (Å²) in [5, 5.41) is 4.52. The molecule has 0 fully saturated rings. The van der Waals surface area contributed by atoms with Gasteiger partial charge in [0.25, 0.3) is 0 Å². The van der Waals surface area contributed by atoms with Gasteiger partial charge in [-0.05, 0) is 57.7 Å². The normalized spacial score (nSPS) is 10.9. The van der Waals surface area contributed by atoms with Crippen molar-refractivity contribution in [1.29, 1.82) is 0 Å². The van der Waals surface area contributed by atoms with Gasteiger partial charge < -0.3 is 19.1 Å². The van der Waals surface area contributed by atoms with E-state index in [-0.39, 0.29) is 0 Å². The molecule has 2 aromatic carbocycles. The summed E-state index contributed by atoms with van der Waals surface area (Å²) in [6, 6.07) is 16.4. The molecule has 0 aliphatic rings. The fraction of sp³-hybridized carbons (Fsp3) is 0.320. The molecule has 0 aliphatic heterocycles. The van der Waals surface area contributed by atoms with Crippen LogP contribution in [0.1, 0.15) is 30.9 Å². The van der Waals surface area contributed by atoms with E-state index < -0.39 is 0 Å². The molecule has 2 aromatic heterocycles.